The van der Waals surface area contributed by atoms with Crippen molar-refractivity contribution in [3.63, 3.8) is 0 Å². The van der Waals surface area contributed by atoms with E-state index in [1.54, 1.807) is 12.1 Å². The fourth-order valence-corrected chi connectivity index (χ4v) is 6.44. The summed E-state index contributed by atoms with van der Waals surface area (Å²) in [7, 11) is 0. The normalized spacial score (nSPS) is 17.4. The molecule has 0 bridgehead atoms. The molecule has 4 aliphatic rings. The molecular formula is C30H34B2N10Na2O14. The van der Waals surface area contributed by atoms with E-state index in [1.165, 1.54) is 44.0 Å². The summed E-state index contributed by atoms with van der Waals surface area (Å²) >= 11 is 0. The number of carboxylic acid groups (broad SMARTS) is 2. The van der Waals surface area contributed by atoms with Crippen molar-refractivity contribution in [2.75, 3.05) is 26.2 Å². The molecule has 2 aromatic carbocycles. The van der Waals surface area contributed by atoms with Crippen LogP contribution >= 0.6 is 0 Å². The van der Waals surface area contributed by atoms with Crippen molar-refractivity contribution < 1.29 is 127 Å². The topological polar surface area (TPSA) is 320 Å². The molecule has 0 saturated carbocycles. The van der Waals surface area contributed by atoms with E-state index in [2.05, 4.69) is 31.1 Å². The summed E-state index contributed by atoms with van der Waals surface area (Å²) in [5.74, 6) is -3.05. The average Bonchev–Trinajstić information content (AvgIpc) is 3.81. The van der Waals surface area contributed by atoms with Crippen molar-refractivity contribution in [2.24, 2.45) is 0 Å². The van der Waals surface area contributed by atoms with Gasteiger partial charge in [-0.2, -0.15) is 0 Å². The van der Waals surface area contributed by atoms with Crippen LogP contribution in [-0.2, 0) is 35.5 Å². The van der Waals surface area contributed by atoms with E-state index < -0.39 is 37.7 Å². The van der Waals surface area contributed by atoms with Crippen LogP contribution in [-0.4, -0.2) is 156 Å². The second kappa shape index (κ2) is 18.3. The molecule has 58 heavy (non-hydrogen) atoms. The molecule has 4 aliphatic heterocycles. The van der Waals surface area contributed by atoms with Gasteiger partial charge in [0.25, 0.3) is 0 Å². The zero-order chi connectivity index (χ0) is 39.8. The van der Waals surface area contributed by atoms with Gasteiger partial charge in [0.05, 0.1) is 37.7 Å². The maximum Gasteiger partial charge on any atom is 1.00 e. The molecule has 24 nitrogen and oxygen atoms in total. The molecule has 4 aromatic rings. The first-order valence-corrected chi connectivity index (χ1v) is 17.3. The largest absolute Gasteiger partial charge is 1.00 e. The molecule has 0 aliphatic carbocycles. The zero-order valence-electron chi connectivity index (χ0n) is 31.3. The molecule has 0 radical (unpaired) electrons. The van der Waals surface area contributed by atoms with Crippen molar-refractivity contribution in [1.82, 2.24) is 50.2 Å². The second-order valence-electron chi connectivity index (χ2n) is 13.6. The van der Waals surface area contributed by atoms with Crippen molar-refractivity contribution >= 4 is 37.3 Å². The summed E-state index contributed by atoms with van der Waals surface area (Å²) in [6.07, 6.45) is 2.44. The average molecular weight is 826 g/mol. The standard InChI is InChI=1S/2C15H17BN5O7.2Na/c2*22-12(7-21-8-17-18-19-21)20-5-10(6-20)27-11-2-1-9-3-4-16(25,26)28-14(9)13(11)15(23)24;;/h2*1-2,8,10,25-26H,3-7H2,(H,23,24);;/q2*-1;2*+1. The van der Waals surface area contributed by atoms with E-state index >= 15 is 0 Å². The van der Waals surface area contributed by atoms with Crippen LogP contribution in [0.15, 0.2) is 36.9 Å². The Labute approximate surface area is 371 Å². The van der Waals surface area contributed by atoms with E-state index in [0.717, 1.165) is 0 Å². The number of rotatable bonds is 10. The molecule has 8 rings (SSSR count). The quantitative estimate of drug-likeness (QED) is 0.0809. The van der Waals surface area contributed by atoms with Gasteiger partial charge in [-0.05, 0) is 57.0 Å². The Hall–Kier alpha value is -4.37. The third-order valence-electron chi connectivity index (χ3n) is 9.39. The minimum atomic E-state index is -3.10. The van der Waals surface area contributed by atoms with Crippen LogP contribution in [0, 0.1) is 0 Å². The van der Waals surface area contributed by atoms with E-state index in [4.69, 9.17) is 18.8 Å². The predicted octanol–water partition coefficient (Wildman–Crippen LogP) is -8.95. The van der Waals surface area contributed by atoms with Gasteiger partial charge in [-0.25, -0.2) is 19.0 Å². The number of carbonyl (C=O) groups excluding carboxylic acids is 2. The predicted molar refractivity (Wildman–Crippen MR) is 183 cm³/mol. The first-order chi connectivity index (χ1) is 26.6. The molecular weight excluding hydrogens is 792 g/mol. The zero-order valence-corrected chi connectivity index (χ0v) is 35.3. The Kier molecular flexibility index (Phi) is 14.1. The van der Waals surface area contributed by atoms with Gasteiger partial charge in [0.2, 0.25) is 11.8 Å². The molecule has 2 fully saturated rings. The van der Waals surface area contributed by atoms with Crippen LogP contribution in [0.3, 0.4) is 0 Å². The number of hydrogen-bond acceptors (Lipinski definition) is 18. The number of aromatic carboxylic acids is 2. The fourth-order valence-electron chi connectivity index (χ4n) is 6.44. The van der Waals surface area contributed by atoms with Gasteiger partial charge in [0, 0.05) is 0 Å². The van der Waals surface area contributed by atoms with Crippen LogP contribution in [0.1, 0.15) is 31.8 Å². The van der Waals surface area contributed by atoms with E-state index in [1.807, 2.05) is 0 Å². The smallest absolute Gasteiger partial charge is 0.669 e. The Bertz CT molecular complexity index is 1990. The van der Waals surface area contributed by atoms with Gasteiger partial charge in [-0.15, -0.1) is 10.2 Å². The molecule has 6 heterocycles. The van der Waals surface area contributed by atoms with Crippen molar-refractivity contribution in [3.05, 3.63) is 59.2 Å². The molecule has 296 valence electrons. The van der Waals surface area contributed by atoms with Crippen molar-refractivity contribution in [2.45, 2.75) is 50.8 Å². The van der Waals surface area contributed by atoms with Crippen LogP contribution < -0.4 is 77.9 Å². The Balaban J connectivity index is 0.000000214. The van der Waals surface area contributed by atoms with Gasteiger partial charge in [0.15, 0.2) is 0 Å². The molecule has 2 amide bonds. The maximum absolute atomic E-state index is 12.1. The number of carbonyl (C=O) groups is 4. The van der Waals surface area contributed by atoms with Crippen LogP contribution in [0.4, 0.5) is 0 Å². The number of tetrazole rings is 2. The number of amides is 2. The monoisotopic (exact) mass is 826 g/mol. The number of fused-ring (bicyclic) bond motifs is 2. The number of ether oxygens (including phenoxy) is 2. The summed E-state index contributed by atoms with van der Waals surface area (Å²) < 4.78 is 24.3. The maximum atomic E-state index is 12.1. The van der Waals surface area contributed by atoms with Gasteiger partial charge in [0.1, 0.15) is 60.6 Å². The number of hydrogen-bond donors (Lipinski definition) is 6. The summed E-state index contributed by atoms with van der Waals surface area (Å²) in [5, 5.41) is 79.3. The van der Waals surface area contributed by atoms with E-state index in [0.29, 0.717) is 11.1 Å². The number of aryl methyl sites for hydroxylation is 2. The first kappa shape index (κ1) is 44.7. The number of nitrogens with zero attached hydrogens (tertiary/aromatic N) is 10. The minimum absolute atomic E-state index is 0. The third-order valence-corrected chi connectivity index (χ3v) is 9.39. The molecule has 0 unspecified atom stereocenters. The second-order valence-corrected chi connectivity index (χ2v) is 13.6. The summed E-state index contributed by atoms with van der Waals surface area (Å²) in [4.78, 5) is 50.8. The van der Waals surface area contributed by atoms with Gasteiger partial charge in [-0.1, -0.05) is 24.8 Å². The van der Waals surface area contributed by atoms with Gasteiger partial charge >= 0.3 is 84.6 Å². The van der Waals surface area contributed by atoms with Crippen molar-refractivity contribution in [1.29, 1.82) is 0 Å². The Morgan fingerprint density at radius 1 is 0.655 bits per heavy atom. The number of aromatic nitrogens is 8. The van der Waals surface area contributed by atoms with Gasteiger partial charge < -0.3 is 58.9 Å². The summed E-state index contributed by atoms with van der Waals surface area (Å²) in [6.45, 7) is -5.06. The number of likely N-dealkylation sites (tertiary alicyclic amines) is 2. The van der Waals surface area contributed by atoms with Gasteiger partial charge in [-0.3, -0.25) is 9.59 Å². The molecule has 2 aromatic heterocycles. The Morgan fingerprint density at radius 3 is 1.36 bits per heavy atom. The third kappa shape index (κ3) is 10.3. The van der Waals surface area contributed by atoms with Crippen molar-refractivity contribution in [3.8, 4) is 23.0 Å². The molecule has 6 N–H and O–H groups in total. The Morgan fingerprint density at radius 2 is 1.03 bits per heavy atom. The fraction of sp³-hybridized carbons (Fsp3) is 0.400. The van der Waals surface area contributed by atoms with E-state index in [9.17, 15) is 49.5 Å². The first-order valence-electron chi connectivity index (χ1n) is 17.3. The number of carboxylic acids is 2. The minimum Gasteiger partial charge on any atom is -0.669 e. The van der Waals surface area contributed by atoms with Crippen LogP contribution in [0.25, 0.3) is 0 Å². The van der Waals surface area contributed by atoms with E-state index in [-0.39, 0.29) is 170 Å². The van der Waals surface area contributed by atoms with Crippen LogP contribution in [0.2, 0.25) is 12.6 Å². The summed E-state index contributed by atoms with van der Waals surface area (Å²) in [6, 6.07) is 6.32. The number of benzene rings is 2. The molecule has 28 heteroatoms. The molecule has 2 saturated heterocycles. The molecule has 0 atom stereocenters. The molecule has 0 spiro atoms. The van der Waals surface area contributed by atoms with Crippen LogP contribution in [0.5, 0.6) is 23.0 Å². The SMILES string of the molecule is O=C(O)c1c(OC2CN(C(=O)Cn3cnnn3)C2)ccc2c1O[B-](O)(O)CC2.O=C(O)c1c(OC2CN(C(=O)Cn3cnnn3)C2)ccc2c1O[B-](O)(O)CC2.[Na+].[Na+]. The summed E-state index contributed by atoms with van der Waals surface area (Å²) in [5.41, 5.74) is 0.615.